The average molecular weight is 590 g/mol. The zero-order chi connectivity index (χ0) is 25.9. The highest BCUT2D eigenvalue weighted by atomic mass is 35.5. The van der Waals surface area contributed by atoms with Gasteiger partial charge in [-0.05, 0) is 51.4 Å². The van der Waals surface area contributed by atoms with E-state index in [1.807, 2.05) is 36.7 Å². The molecule has 6 rings (SSSR count). The van der Waals surface area contributed by atoms with E-state index in [0.29, 0.717) is 30.6 Å². The molecule has 4 N–H and O–H groups in total. The summed E-state index contributed by atoms with van der Waals surface area (Å²) in [4.78, 5) is 29.6. The van der Waals surface area contributed by atoms with Crippen LogP contribution in [0.5, 0.6) is 0 Å². The van der Waals surface area contributed by atoms with Gasteiger partial charge in [0.1, 0.15) is 0 Å². The lowest BCUT2D eigenvalue weighted by molar-refractivity contribution is 0.0912. The predicted octanol–water partition coefficient (Wildman–Crippen LogP) is 5.23. The summed E-state index contributed by atoms with van der Waals surface area (Å²) in [6.07, 6.45) is 12.9. The van der Waals surface area contributed by atoms with E-state index in [9.17, 15) is 4.79 Å². The van der Waals surface area contributed by atoms with Gasteiger partial charge in [-0.3, -0.25) is 9.69 Å². The number of imidazole rings is 1. The molecule has 2 saturated carbocycles. The van der Waals surface area contributed by atoms with E-state index in [0.717, 1.165) is 74.2 Å². The molecule has 0 atom stereocenters. The van der Waals surface area contributed by atoms with Crippen LogP contribution in [0.2, 0.25) is 0 Å². The molecular formula is C29H42Cl2N8O. The third-order valence-corrected chi connectivity index (χ3v) is 8.64. The molecule has 40 heavy (non-hydrogen) atoms. The Hall–Kier alpha value is -2.46. The number of benzene rings is 1. The zero-order valence-electron chi connectivity index (χ0n) is 23.0. The Morgan fingerprint density at radius 2 is 1.55 bits per heavy atom. The number of piperidine rings is 1. The van der Waals surface area contributed by atoms with Crippen molar-refractivity contribution in [1.29, 1.82) is 0 Å². The lowest BCUT2D eigenvalue weighted by Gasteiger charge is -2.32. The Kier molecular flexibility index (Phi) is 10.6. The van der Waals surface area contributed by atoms with Gasteiger partial charge < -0.3 is 20.9 Å². The number of nitrogens with one attached hydrogen (secondary N) is 2. The maximum Gasteiger partial charge on any atom is 0.227 e. The second kappa shape index (κ2) is 13.9. The van der Waals surface area contributed by atoms with Crippen LogP contribution < -0.4 is 16.4 Å². The molecular weight excluding hydrogens is 547 g/mol. The molecule has 1 aromatic carbocycles. The van der Waals surface area contributed by atoms with Gasteiger partial charge in [0, 0.05) is 42.8 Å². The van der Waals surface area contributed by atoms with E-state index in [2.05, 4.69) is 20.1 Å². The quantitative estimate of drug-likeness (QED) is 0.307. The van der Waals surface area contributed by atoms with Crippen LogP contribution in [-0.2, 0) is 0 Å². The van der Waals surface area contributed by atoms with Crippen molar-refractivity contribution in [2.75, 3.05) is 30.3 Å². The van der Waals surface area contributed by atoms with E-state index < -0.39 is 0 Å². The summed E-state index contributed by atoms with van der Waals surface area (Å²) < 4.78 is 2.27. The number of nitrogens with two attached hydrogens (primary N) is 1. The van der Waals surface area contributed by atoms with Gasteiger partial charge >= 0.3 is 0 Å². The van der Waals surface area contributed by atoms with Crippen LogP contribution in [0, 0.1) is 0 Å². The van der Waals surface area contributed by atoms with E-state index in [1.54, 1.807) is 0 Å². The Labute approximate surface area is 248 Å². The number of anilines is 2. The van der Waals surface area contributed by atoms with Crippen molar-refractivity contribution >= 4 is 53.5 Å². The lowest BCUT2D eigenvalue weighted by Crippen LogP contribution is -2.41. The van der Waals surface area contributed by atoms with Crippen LogP contribution in [0.4, 0.5) is 11.8 Å². The average Bonchev–Trinajstić information content (AvgIpc) is 3.62. The lowest BCUT2D eigenvalue weighted by atomic mass is 9.92. The monoisotopic (exact) mass is 588 g/mol. The fourth-order valence-corrected chi connectivity index (χ4v) is 6.32. The van der Waals surface area contributed by atoms with Crippen LogP contribution in [0.15, 0.2) is 36.7 Å². The van der Waals surface area contributed by atoms with Crippen molar-refractivity contribution in [3.8, 4) is 0 Å². The van der Waals surface area contributed by atoms with Crippen molar-refractivity contribution in [1.82, 2.24) is 24.4 Å². The zero-order valence-corrected chi connectivity index (χ0v) is 24.6. The Bertz CT molecular complexity index is 1230. The van der Waals surface area contributed by atoms with Crippen molar-refractivity contribution in [3.63, 3.8) is 0 Å². The number of nitrogens with zero attached hydrogens (tertiary/aromatic N) is 5. The molecule has 1 saturated heterocycles. The molecule has 0 unspecified atom stereocenters. The van der Waals surface area contributed by atoms with Crippen molar-refractivity contribution in [2.45, 2.75) is 88.4 Å². The van der Waals surface area contributed by atoms with E-state index >= 15 is 0 Å². The smallest absolute Gasteiger partial charge is 0.227 e. The molecule has 3 aliphatic rings. The molecule has 0 amide bonds. The maximum absolute atomic E-state index is 12.7. The number of hydrogen-bond donors (Lipinski definition) is 3. The number of carbonyl (C=O) groups is 1. The molecule has 2 aromatic heterocycles. The first kappa shape index (κ1) is 30.5. The van der Waals surface area contributed by atoms with Gasteiger partial charge in [0.2, 0.25) is 5.95 Å². The summed E-state index contributed by atoms with van der Waals surface area (Å²) in [6.45, 7) is 2.24. The predicted molar refractivity (Wildman–Crippen MR) is 165 cm³/mol. The SMILES string of the molecule is Cl.Cl.NC1CCC(Nc2nc(NC3CCN(CC(=O)c4ccccc4)CC3)c3ncn(C4CCCC4)c3n2)CC1. The molecule has 3 fully saturated rings. The highest BCUT2D eigenvalue weighted by molar-refractivity contribution is 5.97. The summed E-state index contributed by atoms with van der Waals surface area (Å²) in [6, 6.07) is 11.0. The standard InChI is InChI=1S/C29H40N8O.2ClH/c30-21-10-12-22(13-11-21)33-29-34-27(26-28(35-29)37(19-31-26)24-8-4-5-9-24)32-23-14-16-36(17-15-23)18-25(38)20-6-2-1-3-7-20;;/h1-3,6-7,19,21-24H,4-5,8-18,30H2,(H2,32,33,34,35);2*1H. The summed E-state index contributed by atoms with van der Waals surface area (Å²) in [7, 11) is 0. The Morgan fingerprint density at radius 1 is 0.875 bits per heavy atom. The van der Waals surface area contributed by atoms with Gasteiger partial charge in [-0.15, -0.1) is 24.8 Å². The summed E-state index contributed by atoms with van der Waals surface area (Å²) >= 11 is 0. The first-order chi connectivity index (χ1) is 18.6. The molecule has 2 aliphatic carbocycles. The fourth-order valence-electron chi connectivity index (χ4n) is 6.32. The third kappa shape index (κ3) is 7.05. The second-order valence-electron chi connectivity index (χ2n) is 11.4. The third-order valence-electron chi connectivity index (χ3n) is 8.64. The second-order valence-corrected chi connectivity index (χ2v) is 11.4. The fraction of sp³-hybridized carbons (Fsp3) is 0.586. The normalized spacial score (nSPS) is 22.4. The molecule has 3 heterocycles. The first-order valence-corrected chi connectivity index (χ1v) is 14.5. The van der Waals surface area contributed by atoms with Gasteiger partial charge in [-0.2, -0.15) is 9.97 Å². The largest absolute Gasteiger partial charge is 0.365 e. The molecule has 0 spiro atoms. The minimum atomic E-state index is 0. The van der Waals surface area contributed by atoms with Crippen LogP contribution in [-0.4, -0.2) is 68.0 Å². The van der Waals surface area contributed by atoms with Gasteiger partial charge in [-0.1, -0.05) is 43.2 Å². The molecule has 1 aliphatic heterocycles. The maximum atomic E-state index is 12.7. The van der Waals surface area contributed by atoms with Crippen LogP contribution in [0.1, 0.15) is 80.6 Å². The number of Topliss-reactive ketones (excluding diaryl/α,β-unsaturated/α-hetero) is 1. The molecule has 218 valence electrons. The summed E-state index contributed by atoms with van der Waals surface area (Å²) in [5.74, 6) is 1.69. The molecule has 0 radical (unpaired) electrons. The summed E-state index contributed by atoms with van der Waals surface area (Å²) in [5, 5.41) is 7.34. The van der Waals surface area contributed by atoms with Gasteiger partial charge in [-0.25, -0.2) is 4.98 Å². The number of ketones is 1. The van der Waals surface area contributed by atoms with Crippen LogP contribution >= 0.6 is 24.8 Å². The number of likely N-dealkylation sites (tertiary alicyclic amines) is 1. The topological polar surface area (TPSA) is 114 Å². The minimum Gasteiger partial charge on any atom is -0.365 e. The molecule has 11 heteroatoms. The summed E-state index contributed by atoms with van der Waals surface area (Å²) in [5.41, 5.74) is 8.70. The van der Waals surface area contributed by atoms with E-state index in [1.165, 1.54) is 25.7 Å². The van der Waals surface area contributed by atoms with Gasteiger partial charge in [0.25, 0.3) is 0 Å². The number of hydrogen-bond acceptors (Lipinski definition) is 8. The molecule has 3 aromatic rings. The van der Waals surface area contributed by atoms with Crippen molar-refractivity contribution in [3.05, 3.63) is 42.2 Å². The van der Waals surface area contributed by atoms with E-state index in [-0.39, 0.29) is 36.6 Å². The van der Waals surface area contributed by atoms with Crippen LogP contribution in [0.25, 0.3) is 11.2 Å². The number of rotatable bonds is 8. The number of carbonyl (C=O) groups excluding carboxylic acids is 1. The van der Waals surface area contributed by atoms with Crippen LogP contribution in [0.3, 0.4) is 0 Å². The van der Waals surface area contributed by atoms with Crippen molar-refractivity contribution in [2.24, 2.45) is 5.73 Å². The Morgan fingerprint density at radius 3 is 2.25 bits per heavy atom. The van der Waals surface area contributed by atoms with Gasteiger partial charge in [0.05, 0.1) is 12.9 Å². The van der Waals surface area contributed by atoms with Gasteiger partial charge in [0.15, 0.2) is 22.8 Å². The minimum absolute atomic E-state index is 0. The van der Waals surface area contributed by atoms with Crippen molar-refractivity contribution < 1.29 is 4.79 Å². The van der Waals surface area contributed by atoms with E-state index in [4.69, 9.17) is 20.7 Å². The first-order valence-electron chi connectivity index (χ1n) is 14.5. The highest BCUT2D eigenvalue weighted by Gasteiger charge is 2.26. The number of halogens is 2. The number of aromatic nitrogens is 4. The highest BCUT2D eigenvalue weighted by Crippen LogP contribution is 2.34. The number of fused-ring (bicyclic) bond motifs is 1. The molecule has 9 nitrogen and oxygen atoms in total. The Balaban J connectivity index is 0.00000185. The molecule has 0 bridgehead atoms.